The fraction of sp³-hybridized carbons (Fsp3) is 0.522. The Balaban J connectivity index is 0.00000306. The minimum Gasteiger partial charge on any atom is -0.391 e. The first kappa shape index (κ1) is 25.6. The lowest BCUT2D eigenvalue weighted by atomic mass is 10.1. The van der Waals surface area contributed by atoms with Crippen LogP contribution in [0, 0.1) is 6.92 Å². The van der Waals surface area contributed by atoms with E-state index in [2.05, 4.69) is 20.5 Å². The number of nitrogens with one attached hydrogen (secondary N) is 2. The zero-order valence-corrected chi connectivity index (χ0v) is 20.6. The van der Waals surface area contributed by atoms with Crippen molar-refractivity contribution in [3.05, 3.63) is 41.0 Å². The second-order valence-electron chi connectivity index (χ2n) is 8.54. The van der Waals surface area contributed by atoms with Gasteiger partial charge in [-0.1, -0.05) is 24.3 Å². The standard InChI is InChI=1S/C23H31N5O3S.ClH/c1-15-21(32-14-26-15)18-5-3-17(4-6-18)12-25-22(30)20-11-19(29)13-28(20)23(31)16(2)27-9-7-24-8-10-27;/h3-6,14,16,19-20,24,29H,7-13H2,1-2H3,(H,25,30);1H/t16-,19-,20+;/m1./s1. The molecule has 0 bridgehead atoms. The quantitative estimate of drug-likeness (QED) is 0.563. The molecule has 0 aliphatic carbocycles. The molecule has 3 N–H and O–H groups in total. The summed E-state index contributed by atoms with van der Waals surface area (Å²) in [5, 5.41) is 16.4. The number of carbonyl (C=O) groups excluding carboxylic acids is 2. The van der Waals surface area contributed by atoms with Gasteiger partial charge in [-0.15, -0.1) is 23.7 Å². The summed E-state index contributed by atoms with van der Waals surface area (Å²) in [6.45, 7) is 7.77. The van der Waals surface area contributed by atoms with Crippen LogP contribution in [0.25, 0.3) is 10.4 Å². The summed E-state index contributed by atoms with van der Waals surface area (Å²) < 4.78 is 0. The van der Waals surface area contributed by atoms with Crippen molar-refractivity contribution in [2.75, 3.05) is 32.7 Å². The van der Waals surface area contributed by atoms with Gasteiger partial charge in [-0.2, -0.15) is 0 Å². The number of halogens is 1. The van der Waals surface area contributed by atoms with Gasteiger partial charge >= 0.3 is 0 Å². The largest absolute Gasteiger partial charge is 0.391 e. The van der Waals surface area contributed by atoms with Crippen LogP contribution in [-0.2, 0) is 16.1 Å². The molecule has 0 unspecified atom stereocenters. The van der Waals surface area contributed by atoms with E-state index in [0.29, 0.717) is 6.54 Å². The van der Waals surface area contributed by atoms with E-state index in [9.17, 15) is 14.7 Å². The van der Waals surface area contributed by atoms with E-state index in [-0.39, 0.29) is 43.2 Å². The van der Waals surface area contributed by atoms with Crippen LogP contribution in [0.4, 0.5) is 0 Å². The molecule has 0 saturated carbocycles. The topological polar surface area (TPSA) is 97.8 Å². The SMILES string of the molecule is Cc1ncsc1-c1ccc(CNC(=O)[C@@H]2C[C@@H](O)CN2C(=O)[C@@H](C)N2CCNCC2)cc1.Cl. The lowest BCUT2D eigenvalue weighted by Crippen LogP contribution is -2.56. The number of aliphatic hydroxyl groups excluding tert-OH is 1. The highest BCUT2D eigenvalue weighted by molar-refractivity contribution is 7.13. The van der Waals surface area contributed by atoms with Gasteiger partial charge in [0.05, 0.1) is 28.2 Å². The van der Waals surface area contributed by atoms with E-state index in [0.717, 1.165) is 47.9 Å². The third-order valence-corrected chi connectivity index (χ3v) is 7.33. The van der Waals surface area contributed by atoms with Crippen LogP contribution in [0.5, 0.6) is 0 Å². The molecule has 2 aliphatic rings. The van der Waals surface area contributed by atoms with Crippen LogP contribution in [0.15, 0.2) is 29.8 Å². The summed E-state index contributed by atoms with van der Waals surface area (Å²) in [5.41, 5.74) is 4.94. The van der Waals surface area contributed by atoms with Crippen LogP contribution in [0.2, 0.25) is 0 Å². The van der Waals surface area contributed by atoms with Crippen molar-refractivity contribution < 1.29 is 14.7 Å². The fourth-order valence-corrected chi connectivity index (χ4v) is 5.24. The number of aryl methyl sites for hydroxylation is 1. The molecule has 0 radical (unpaired) electrons. The highest BCUT2D eigenvalue weighted by Crippen LogP contribution is 2.27. The van der Waals surface area contributed by atoms with Crippen LogP contribution in [0.3, 0.4) is 0 Å². The molecule has 2 saturated heterocycles. The van der Waals surface area contributed by atoms with Gasteiger partial charge < -0.3 is 20.6 Å². The third kappa shape index (κ3) is 5.91. The van der Waals surface area contributed by atoms with Crippen molar-refractivity contribution >= 4 is 35.6 Å². The molecule has 180 valence electrons. The van der Waals surface area contributed by atoms with E-state index in [1.54, 1.807) is 16.2 Å². The molecular weight excluding hydrogens is 462 g/mol. The molecule has 3 atom stereocenters. The number of aliphatic hydroxyl groups is 1. The maximum atomic E-state index is 13.1. The Morgan fingerprint density at radius 2 is 1.97 bits per heavy atom. The van der Waals surface area contributed by atoms with E-state index in [1.165, 1.54) is 0 Å². The number of β-amino-alcohol motifs (C(OH)–C–C–N with tert-alkyl or cyclic N) is 1. The summed E-state index contributed by atoms with van der Waals surface area (Å²) >= 11 is 1.61. The second-order valence-corrected chi connectivity index (χ2v) is 9.39. The average molecular weight is 494 g/mol. The number of piperazine rings is 1. The first-order valence-electron chi connectivity index (χ1n) is 11.1. The number of likely N-dealkylation sites (tertiary alicyclic amines) is 1. The van der Waals surface area contributed by atoms with Gasteiger partial charge in [0, 0.05) is 45.7 Å². The van der Waals surface area contributed by atoms with Crippen molar-refractivity contribution in [3.8, 4) is 10.4 Å². The van der Waals surface area contributed by atoms with Gasteiger partial charge in [0.25, 0.3) is 0 Å². The Morgan fingerprint density at radius 1 is 1.27 bits per heavy atom. The van der Waals surface area contributed by atoms with Crippen molar-refractivity contribution in [1.82, 2.24) is 25.4 Å². The van der Waals surface area contributed by atoms with E-state index in [1.807, 2.05) is 43.6 Å². The van der Waals surface area contributed by atoms with Crippen molar-refractivity contribution in [2.24, 2.45) is 0 Å². The number of thiazole rings is 1. The molecule has 33 heavy (non-hydrogen) atoms. The van der Waals surface area contributed by atoms with Crippen LogP contribution >= 0.6 is 23.7 Å². The summed E-state index contributed by atoms with van der Waals surface area (Å²) in [4.78, 5) is 35.2. The van der Waals surface area contributed by atoms with Crippen molar-refractivity contribution in [2.45, 2.75) is 45.0 Å². The molecule has 0 spiro atoms. The predicted molar refractivity (Wildman–Crippen MR) is 131 cm³/mol. The summed E-state index contributed by atoms with van der Waals surface area (Å²) in [6.07, 6.45) is -0.401. The number of hydrogen-bond donors (Lipinski definition) is 3. The number of benzene rings is 1. The Bertz CT molecular complexity index is 948. The lowest BCUT2D eigenvalue weighted by Gasteiger charge is -2.35. The Kier molecular flexibility index (Phi) is 8.83. The molecule has 2 aliphatic heterocycles. The Labute approximate surface area is 204 Å². The van der Waals surface area contributed by atoms with Gasteiger partial charge in [-0.25, -0.2) is 4.98 Å². The Hall–Kier alpha value is -2.04. The van der Waals surface area contributed by atoms with Crippen LogP contribution < -0.4 is 10.6 Å². The average Bonchev–Trinajstić information content (AvgIpc) is 3.43. The summed E-state index contributed by atoms with van der Waals surface area (Å²) in [6, 6.07) is 7.11. The zero-order chi connectivity index (χ0) is 22.7. The van der Waals surface area contributed by atoms with Gasteiger partial charge in [0.15, 0.2) is 0 Å². The number of carbonyl (C=O) groups is 2. The molecular formula is C23H32ClN5O3S. The normalized spacial score (nSPS) is 22.0. The smallest absolute Gasteiger partial charge is 0.243 e. The number of rotatable bonds is 6. The molecule has 2 fully saturated rings. The zero-order valence-electron chi connectivity index (χ0n) is 19.0. The molecule has 1 aromatic carbocycles. The molecule has 8 nitrogen and oxygen atoms in total. The minimum atomic E-state index is -0.674. The van der Waals surface area contributed by atoms with Crippen LogP contribution in [-0.4, -0.2) is 82.6 Å². The highest BCUT2D eigenvalue weighted by atomic mass is 35.5. The van der Waals surface area contributed by atoms with Crippen molar-refractivity contribution in [3.63, 3.8) is 0 Å². The van der Waals surface area contributed by atoms with Crippen molar-refractivity contribution in [1.29, 1.82) is 0 Å². The molecule has 4 rings (SSSR count). The maximum absolute atomic E-state index is 13.1. The molecule has 3 heterocycles. The summed E-state index contributed by atoms with van der Waals surface area (Å²) in [7, 11) is 0. The Morgan fingerprint density at radius 3 is 2.61 bits per heavy atom. The number of aromatic nitrogens is 1. The van der Waals surface area contributed by atoms with Gasteiger partial charge in [-0.3, -0.25) is 14.5 Å². The minimum absolute atomic E-state index is 0. The number of hydrogen-bond acceptors (Lipinski definition) is 7. The first-order chi connectivity index (χ1) is 15.4. The predicted octanol–water partition coefficient (Wildman–Crippen LogP) is 1.41. The fourth-order valence-electron chi connectivity index (χ4n) is 4.43. The molecule has 10 heteroatoms. The van der Waals surface area contributed by atoms with Crippen LogP contribution in [0.1, 0.15) is 24.6 Å². The molecule has 2 aromatic rings. The monoisotopic (exact) mass is 493 g/mol. The highest BCUT2D eigenvalue weighted by Gasteiger charge is 2.41. The van der Waals surface area contributed by atoms with Gasteiger partial charge in [0.2, 0.25) is 11.8 Å². The van der Waals surface area contributed by atoms with Gasteiger partial charge in [0.1, 0.15) is 6.04 Å². The van der Waals surface area contributed by atoms with E-state index in [4.69, 9.17) is 0 Å². The second kappa shape index (κ2) is 11.4. The number of nitrogens with zero attached hydrogens (tertiary/aromatic N) is 3. The molecule has 2 amide bonds. The lowest BCUT2D eigenvalue weighted by molar-refractivity contribution is -0.142. The van der Waals surface area contributed by atoms with Gasteiger partial charge in [-0.05, 0) is 25.0 Å². The summed E-state index contributed by atoms with van der Waals surface area (Å²) in [5.74, 6) is -0.308. The van der Waals surface area contributed by atoms with E-state index >= 15 is 0 Å². The van der Waals surface area contributed by atoms with E-state index < -0.39 is 12.1 Å². The third-order valence-electron chi connectivity index (χ3n) is 6.35. The first-order valence-corrected chi connectivity index (χ1v) is 12.0. The number of amides is 2. The maximum Gasteiger partial charge on any atom is 0.243 e. The molecule has 1 aromatic heterocycles.